The first-order valence-corrected chi connectivity index (χ1v) is 6.02. The highest BCUT2D eigenvalue weighted by molar-refractivity contribution is 7.09. The van der Waals surface area contributed by atoms with Gasteiger partial charge in [-0.2, -0.15) is 17.5 Å². The second-order valence-electron chi connectivity index (χ2n) is 3.56. The molecule has 0 amide bonds. The Morgan fingerprint density at radius 1 is 1.37 bits per heavy atom. The van der Waals surface area contributed by atoms with E-state index in [0.29, 0.717) is 11.5 Å². The van der Waals surface area contributed by atoms with Gasteiger partial charge in [0.25, 0.3) is 0 Å². The van der Waals surface area contributed by atoms with Gasteiger partial charge in [0.2, 0.25) is 0 Å². The number of carboxylic acids is 1. The molecule has 0 radical (unpaired) electrons. The maximum atomic E-state index is 12.6. The van der Waals surface area contributed by atoms with Crippen LogP contribution in [0.25, 0.3) is 11.3 Å². The van der Waals surface area contributed by atoms with Crippen LogP contribution in [0.4, 0.5) is 13.2 Å². The molecule has 0 saturated carbocycles. The largest absolute Gasteiger partial charge is 0.477 e. The Kier molecular flexibility index (Phi) is 3.51. The first-order valence-electron chi connectivity index (χ1n) is 4.87. The molecule has 0 aliphatic carbocycles. The number of alkyl halides is 3. The van der Waals surface area contributed by atoms with Crippen LogP contribution in [0.15, 0.2) is 24.3 Å². The van der Waals surface area contributed by atoms with Crippen molar-refractivity contribution in [3.63, 3.8) is 0 Å². The third-order valence-corrected chi connectivity index (χ3v) is 3.61. The number of benzene rings is 1. The molecule has 2 aromatic rings. The summed E-state index contributed by atoms with van der Waals surface area (Å²) < 4.78 is 41.5. The summed E-state index contributed by atoms with van der Waals surface area (Å²) in [6.45, 7) is 0. The summed E-state index contributed by atoms with van der Waals surface area (Å²) in [7, 11) is 0. The Morgan fingerprint density at radius 2 is 2.05 bits per heavy atom. The minimum absolute atomic E-state index is 0.0372. The molecule has 1 N–H and O–H groups in total. The maximum Gasteiger partial charge on any atom is 0.416 e. The molecule has 0 bridgehead atoms. The van der Waals surface area contributed by atoms with Gasteiger partial charge in [0.05, 0.1) is 10.6 Å². The molecule has 3 nitrogen and oxygen atoms in total. The van der Waals surface area contributed by atoms with E-state index in [1.807, 2.05) is 0 Å². The van der Waals surface area contributed by atoms with Gasteiger partial charge in [0.1, 0.15) is 5.69 Å². The van der Waals surface area contributed by atoms with Crippen LogP contribution in [0.5, 0.6) is 0 Å². The van der Waals surface area contributed by atoms with Crippen LogP contribution in [0.3, 0.4) is 0 Å². The number of hydrogen-bond acceptors (Lipinski definition) is 3. The topological polar surface area (TPSA) is 50.2 Å². The van der Waals surface area contributed by atoms with Gasteiger partial charge in [-0.15, -0.1) is 0 Å². The minimum atomic E-state index is -4.48. The predicted octanol–water partition coefficient (Wildman–Crippen LogP) is 4.18. The smallest absolute Gasteiger partial charge is 0.416 e. The summed E-state index contributed by atoms with van der Waals surface area (Å²) in [6, 6.07) is 4.41. The highest BCUT2D eigenvalue weighted by Gasteiger charge is 2.31. The van der Waals surface area contributed by atoms with Crippen molar-refractivity contribution in [2.75, 3.05) is 0 Å². The number of aromatic carboxylic acids is 1. The van der Waals surface area contributed by atoms with Gasteiger partial charge in [0.15, 0.2) is 4.88 Å². The summed E-state index contributed by atoms with van der Waals surface area (Å²) in [5, 5.41) is 8.66. The summed E-state index contributed by atoms with van der Waals surface area (Å²) in [5.41, 5.74) is -0.676. The quantitative estimate of drug-likeness (QED) is 0.905. The zero-order valence-corrected chi connectivity index (χ0v) is 10.6. The fourth-order valence-electron chi connectivity index (χ4n) is 1.43. The Morgan fingerprint density at radius 3 is 2.58 bits per heavy atom. The number of hydrogen-bond donors (Lipinski definition) is 1. The van der Waals surface area contributed by atoms with Crippen molar-refractivity contribution in [3.8, 4) is 11.3 Å². The van der Waals surface area contributed by atoms with Crippen molar-refractivity contribution in [2.45, 2.75) is 6.18 Å². The van der Waals surface area contributed by atoms with E-state index in [4.69, 9.17) is 16.7 Å². The average molecular weight is 308 g/mol. The molecule has 8 heteroatoms. The normalized spacial score (nSPS) is 11.6. The van der Waals surface area contributed by atoms with E-state index in [1.165, 1.54) is 12.1 Å². The SMILES string of the molecule is O=C(O)c1snc(-c2cccc(C(F)(F)F)c2)c1Cl. The van der Waals surface area contributed by atoms with Crippen LogP contribution in [0, 0.1) is 0 Å². The Labute approximate surface area is 114 Å². The molecule has 1 aromatic carbocycles. The molecule has 0 fully saturated rings. The molecule has 1 heterocycles. The first-order chi connectivity index (χ1) is 8.80. The number of aromatic nitrogens is 1. The van der Waals surface area contributed by atoms with Gasteiger partial charge in [-0.25, -0.2) is 4.79 Å². The van der Waals surface area contributed by atoms with E-state index in [1.54, 1.807) is 0 Å². The Balaban J connectivity index is 2.51. The Bertz CT molecular complexity index is 639. The number of carboxylic acid groups (broad SMARTS) is 1. The second kappa shape index (κ2) is 4.82. The minimum Gasteiger partial charge on any atom is -0.477 e. The number of nitrogens with zero attached hydrogens (tertiary/aromatic N) is 1. The molecule has 19 heavy (non-hydrogen) atoms. The van der Waals surface area contributed by atoms with Crippen molar-refractivity contribution >= 4 is 29.1 Å². The zero-order valence-electron chi connectivity index (χ0n) is 9.03. The fourth-order valence-corrected chi connectivity index (χ4v) is 2.45. The molecule has 0 atom stereocenters. The first kappa shape index (κ1) is 13.8. The molecule has 0 spiro atoms. The lowest BCUT2D eigenvalue weighted by Gasteiger charge is -2.07. The van der Waals surface area contributed by atoms with Crippen molar-refractivity contribution < 1.29 is 23.1 Å². The van der Waals surface area contributed by atoms with Crippen LogP contribution in [0.2, 0.25) is 5.02 Å². The van der Waals surface area contributed by atoms with E-state index >= 15 is 0 Å². The van der Waals surface area contributed by atoms with Crippen molar-refractivity contribution in [1.82, 2.24) is 4.37 Å². The van der Waals surface area contributed by atoms with Crippen molar-refractivity contribution in [3.05, 3.63) is 39.7 Å². The molecule has 0 aliphatic rings. The summed E-state index contributed by atoms with van der Waals surface area (Å²) >= 11 is 6.44. The van der Waals surface area contributed by atoms with Crippen LogP contribution in [-0.2, 0) is 6.18 Å². The van der Waals surface area contributed by atoms with E-state index in [2.05, 4.69) is 4.37 Å². The molecule has 1 aromatic heterocycles. The lowest BCUT2D eigenvalue weighted by atomic mass is 10.1. The highest BCUT2D eigenvalue weighted by Crippen LogP contribution is 2.36. The van der Waals surface area contributed by atoms with Gasteiger partial charge in [-0.3, -0.25) is 0 Å². The van der Waals surface area contributed by atoms with Crippen LogP contribution < -0.4 is 0 Å². The molecule has 100 valence electrons. The van der Waals surface area contributed by atoms with E-state index in [9.17, 15) is 18.0 Å². The summed E-state index contributed by atoms with van der Waals surface area (Å²) in [4.78, 5) is 10.6. The van der Waals surface area contributed by atoms with Crippen molar-refractivity contribution in [1.29, 1.82) is 0 Å². The Hall–Kier alpha value is -1.60. The fraction of sp³-hybridized carbons (Fsp3) is 0.0909. The lowest BCUT2D eigenvalue weighted by molar-refractivity contribution is -0.137. The molecule has 0 unspecified atom stereocenters. The third-order valence-electron chi connectivity index (χ3n) is 2.29. The van der Waals surface area contributed by atoms with Crippen LogP contribution >= 0.6 is 23.1 Å². The van der Waals surface area contributed by atoms with Gasteiger partial charge in [0, 0.05) is 5.56 Å². The molecular formula is C11H5ClF3NO2S. The standard InChI is InChI=1S/C11H5ClF3NO2S/c12-7-8(16-19-9(7)10(17)18)5-2-1-3-6(4-5)11(13,14)15/h1-4H,(H,17,18). The summed E-state index contributed by atoms with van der Waals surface area (Å²) in [6.07, 6.45) is -4.48. The van der Waals surface area contributed by atoms with E-state index < -0.39 is 17.7 Å². The molecule has 0 saturated heterocycles. The number of halogens is 4. The van der Waals surface area contributed by atoms with E-state index in [-0.39, 0.29) is 21.2 Å². The highest BCUT2D eigenvalue weighted by atomic mass is 35.5. The number of rotatable bonds is 2. The third kappa shape index (κ3) is 2.71. The van der Waals surface area contributed by atoms with Crippen molar-refractivity contribution in [2.24, 2.45) is 0 Å². The van der Waals surface area contributed by atoms with Crippen LogP contribution in [-0.4, -0.2) is 15.4 Å². The summed E-state index contributed by atoms with van der Waals surface area (Å²) in [5.74, 6) is -1.26. The molecular weight excluding hydrogens is 303 g/mol. The second-order valence-corrected chi connectivity index (χ2v) is 4.71. The lowest BCUT2D eigenvalue weighted by Crippen LogP contribution is -2.04. The monoisotopic (exact) mass is 307 g/mol. The van der Waals surface area contributed by atoms with Gasteiger partial charge in [-0.1, -0.05) is 23.7 Å². The molecule has 0 aliphatic heterocycles. The predicted molar refractivity (Wildman–Crippen MR) is 64.5 cm³/mol. The maximum absolute atomic E-state index is 12.6. The molecule has 2 rings (SSSR count). The zero-order chi connectivity index (χ0) is 14.2. The van der Waals surface area contributed by atoms with Gasteiger partial charge < -0.3 is 5.11 Å². The average Bonchev–Trinajstić information content (AvgIpc) is 2.70. The van der Waals surface area contributed by atoms with E-state index in [0.717, 1.165) is 12.1 Å². The number of carbonyl (C=O) groups is 1. The van der Waals surface area contributed by atoms with Gasteiger partial charge in [-0.05, 0) is 23.7 Å². The van der Waals surface area contributed by atoms with Crippen LogP contribution in [0.1, 0.15) is 15.2 Å². The van der Waals surface area contributed by atoms with Gasteiger partial charge >= 0.3 is 12.1 Å².